The van der Waals surface area contributed by atoms with Crippen LogP contribution in [0.1, 0.15) is 12.5 Å². The van der Waals surface area contributed by atoms with E-state index in [4.69, 9.17) is 5.84 Å². The maximum absolute atomic E-state index is 12.6. The molecule has 2 nitrogen and oxygen atoms in total. The van der Waals surface area contributed by atoms with Crippen molar-refractivity contribution in [1.29, 1.82) is 0 Å². The molecule has 11 heavy (non-hydrogen) atoms. The van der Waals surface area contributed by atoms with E-state index in [1.165, 1.54) is 12.1 Å². The zero-order valence-electron chi connectivity index (χ0n) is 6.21. The largest absolute Gasteiger partial charge is 0.323 e. The number of halogens is 1. The highest BCUT2D eigenvalue weighted by molar-refractivity contribution is 5.98. The molecule has 0 spiro atoms. The Balaban J connectivity index is 3.06. The van der Waals surface area contributed by atoms with Crippen molar-refractivity contribution in [3.05, 3.63) is 35.6 Å². The molecule has 0 aliphatic carbocycles. The minimum absolute atomic E-state index is 0.273. The van der Waals surface area contributed by atoms with Gasteiger partial charge in [0, 0.05) is 5.56 Å². The topological polar surface area (TPSA) is 38.4 Å². The Labute approximate surface area is 64.5 Å². The van der Waals surface area contributed by atoms with Gasteiger partial charge in [0.15, 0.2) is 0 Å². The summed E-state index contributed by atoms with van der Waals surface area (Å²) in [6.07, 6.45) is 0. The third-order valence-electron chi connectivity index (χ3n) is 1.44. The molecule has 0 aromatic heterocycles. The highest BCUT2D eigenvalue weighted by Crippen LogP contribution is 2.03. The lowest BCUT2D eigenvalue weighted by Crippen LogP contribution is -1.98. The van der Waals surface area contributed by atoms with E-state index >= 15 is 0 Å². The zero-order chi connectivity index (χ0) is 8.27. The van der Waals surface area contributed by atoms with Crippen LogP contribution in [0.3, 0.4) is 0 Å². The van der Waals surface area contributed by atoms with E-state index in [0.717, 1.165) is 0 Å². The molecular weight excluding hydrogens is 143 g/mol. The van der Waals surface area contributed by atoms with Crippen LogP contribution in [0.25, 0.3) is 0 Å². The maximum Gasteiger partial charge on any atom is 0.123 e. The first kappa shape index (κ1) is 7.72. The molecule has 0 bridgehead atoms. The summed E-state index contributed by atoms with van der Waals surface area (Å²) >= 11 is 0. The molecule has 0 amide bonds. The molecule has 58 valence electrons. The van der Waals surface area contributed by atoms with E-state index in [9.17, 15) is 4.39 Å². The van der Waals surface area contributed by atoms with Crippen LogP contribution in [-0.2, 0) is 0 Å². The number of hydrogen-bond acceptors (Lipinski definition) is 2. The Kier molecular flexibility index (Phi) is 2.21. The summed E-state index contributed by atoms with van der Waals surface area (Å²) in [7, 11) is 0. The number of nitrogens with two attached hydrogens (primary N) is 1. The molecule has 0 fully saturated rings. The fourth-order valence-electron chi connectivity index (χ4n) is 0.788. The van der Waals surface area contributed by atoms with Crippen molar-refractivity contribution < 1.29 is 4.39 Å². The lowest BCUT2D eigenvalue weighted by molar-refractivity contribution is 0.627. The van der Waals surface area contributed by atoms with E-state index < -0.39 is 0 Å². The van der Waals surface area contributed by atoms with Crippen molar-refractivity contribution in [3.63, 3.8) is 0 Å². The van der Waals surface area contributed by atoms with Gasteiger partial charge in [-0.15, -0.1) is 0 Å². The molecule has 0 saturated heterocycles. The molecule has 0 unspecified atom stereocenters. The van der Waals surface area contributed by atoms with Gasteiger partial charge in [0.05, 0.1) is 5.71 Å². The van der Waals surface area contributed by atoms with Crippen LogP contribution in [0.4, 0.5) is 4.39 Å². The van der Waals surface area contributed by atoms with Crippen molar-refractivity contribution in [1.82, 2.24) is 0 Å². The van der Waals surface area contributed by atoms with Gasteiger partial charge in [-0.25, -0.2) is 4.39 Å². The summed E-state index contributed by atoms with van der Waals surface area (Å²) in [6.45, 7) is 1.73. The van der Waals surface area contributed by atoms with Crippen LogP contribution in [0.15, 0.2) is 29.4 Å². The van der Waals surface area contributed by atoms with Gasteiger partial charge in [-0.1, -0.05) is 12.1 Å². The molecule has 0 heterocycles. The average Bonchev–Trinajstić information content (AvgIpc) is 2.03. The number of nitrogens with zero attached hydrogens (tertiary/aromatic N) is 1. The molecule has 3 heteroatoms. The third-order valence-corrected chi connectivity index (χ3v) is 1.44. The van der Waals surface area contributed by atoms with Gasteiger partial charge in [-0.3, -0.25) is 0 Å². The van der Waals surface area contributed by atoms with E-state index in [1.54, 1.807) is 19.1 Å². The summed E-state index contributed by atoms with van der Waals surface area (Å²) in [5, 5.41) is 3.45. The Morgan fingerprint density at radius 2 is 2.27 bits per heavy atom. The van der Waals surface area contributed by atoms with Crippen molar-refractivity contribution in [2.75, 3.05) is 0 Å². The smallest absolute Gasteiger partial charge is 0.123 e. The monoisotopic (exact) mass is 152 g/mol. The minimum Gasteiger partial charge on any atom is -0.323 e. The fourth-order valence-corrected chi connectivity index (χ4v) is 0.788. The van der Waals surface area contributed by atoms with Crippen LogP contribution < -0.4 is 5.84 Å². The molecular formula is C8H9FN2. The lowest BCUT2D eigenvalue weighted by Gasteiger charge is -1.97. The van der Waals surface area contributed by atoms with E-state index in [0.29, 0.717) is 11.3 Å². The standard InChI is InChI=1S/C8H9FN2/c1-6(11-10)7-3-2-4-8(9)5-7/h2-5H,10H2,1H3/b11-6+. The molecule has 1 rings (SSSR count). The van der Waals surface area contributed by atoms with Crippen LogP contribution >= 0.6 is 0 Å². The zero-order valence-corrected chi connectivity index (χ0v) is 6.21. The van der Waals surface area contributed by atoms with E-state index in [1.807, 2.05) is 0 Å². The number of hydrogen-bond donors (Lipinski definition) is 1. The molecule has 0 radical (unpaired) electrons. The maximum atomic E-state index is 12.6. The van der Waals surface area contributed by atoms with Crippen LogP contribution in [0, 0.1) is 5.82 Å². The first-order chi connectivity index (χ1) is 5.24. The predicted molar refractivity (Wildman–Crippen MR) is 42.8 cm³/mol. The number of rotatable bonds is 1. The predicted octanol–water partition coefficient (Wildman–Crippen LogP) is 1.51. The third kappa shape index (κ3) is 1.77. The molecule has 2 N–H and O–H groups in total. The van der Waals surface area contributed by atoms with Gasteiger partial charge >= 0.3 is 0 Å². The Bertz CT molecular complexity index is 281. The highest BCUT2D eigenvalue weighted by atomic mass is 19.1. The van der Waals surface area contributed by atoms with Crippen molar-refractivity contribution >= 4 is 5.71 Å². The minimum atomic E-state index is -0.273. The summed E-state index contributed by atoms with van der Waals surface area (Å²) in [5.41, 5.74) is 1.34. The van der Waals surface area contributed by atoms with Crippen molar-refractivity contribution in [2.24, 2.45) is 10.9 Å². The van der Waals surface area contributed by atoms with Crippen LogP contribution in [0.2, 0.25) is 0 Å². The highest BCUT2D eigenvalue weighted by Gasteiger charge is 1.96. The van der Waals surface area contributed by atoms with Gasteiger partial charge in [0.1, 0.15) is 5.82 Å². The van der Waals surface area contributed by atoms with Gasteiger partial charge < -0.3 is 5.84 Å². The number of hydrazone groups is 1. The SMILES string of the molecule is C/C(=N\N)c1cccc(F)c1. The second kappa shape index (κ2) is 3.14. The molecule has 1 aromatic carbocycles. The average molecular weight is 152 g/mol. The number of benzene rings is 1. The molecule has 0 saturated carbocycles. The first-order valence-electron chi connectivity index (χ1n) is 3.24. The summed E-state index contributed by atoms with van der Waals surface area (Å²) in [6, 6.07) is 6.16. The second-order valence-corrected chi connectivity index (χ2v) is 2.22. The van der Waals surface area contributed by atoms with Gasteiger partial charge in [0.25, 0.3) is 0 Å². The summed E-state index contributed by atoms with van der Waals surface area (Å²) in [4.78, 5) is 0. The van der Waals surface area contributed by atoms with Gasteiger partial charge in [-0.05, 0) is 19.1 Å². The Hall–Kier alpha value is -1.38. The van der Waals surface area contributed by atoms with E-state index in [-0.39, 0.29) is 5.82 Å². The Morgan fingerprint density at radius 3 is 2.82 bits per heavy atom. The molecule has 0 aliphatic rings. The van der Waals surface area contributed by atoms with Crippen molar-refractivity contribution in [3.8, 4) is 0 Å². The van der Waals surface area contributed by atoms with Crippen LogP contribution in [0.5, 0.6) is 0 Å². The van der Waals surface area contributed by atoms with Crippen LogP contribution in [-0.4, -0.2) is 5.71 Å². The molecule has 0 aliphatic heterocycles. The normalized spacial score (nSPS) is 11.6. The quantitative estimate of drug-likeness (QED) is 0.369. The summed E-state index contributed by atoms with van der Waals surface area (Å²) < 4.78 is 12.6. The fraction of sp³-hybridized carbons (Fsp3) is 0.125. The molecule has 0 atom stereocenters. The summed E-state index contributed by atoms with van der Waals surface area (Å²) in [5.74, 6) is 4.75. The van der Waals surface area contributed by atoms with Gasteiger partial charge in [0.2, 0.25) is 0 Å². The lowest BCUT2D eigenvalue weighted by atomic mass is 10.1. The Morgan fingerprint density at radius 1 is 1.55 bits per heavy atom. The van der Waals surface area contributed by atoms with Gasteiger partial charge in [-0.2, -0.15) is 5.10 Å². The first-order valence-corrected chi connectivity index (χ1v) is 3.24. The second-order valence-electron chi connectivity index (χ2n) is 2.22. The molecule has 1 aromatic rings. The van der Waals surface area contributed by atoms with E-state index in [2.05, 4.69) is 5.10 Å². The van der Waals surface area contributed by atoms with Crippen molar-refractivity contribution in [2.45, 2.75) is 6.92 Å².